The number of benzene rings is 2. The minimum absolute atomic E-state index is 0.0284. The largest absolute Gasteiger partial charge is 0.480 e. The van der Waals surface area contributed by atoms with Crippen LogP contribution in [0.25, 0.3) is 11.1 Å². The second kappa shape index (κ2) is 9.33. The van der Waals surface area contributed by atoms with Crippen molar-refractivity contribution in [2.24, 2.45) is 0 Å². The van der Waals surface area contributed by atoms with Crippen LogP contribution < -0.4 is 5.32 Å². The van der Waals surface area contributed by atoms with Crippen molar-refractivity contribution in [2.45, 2.75) is 43.2 Å². The van der Waals surface area contributed by atoms with Crippen LogP contribution in [0.2, 0.25) is 0 Å². The summed E-state index contributed by atoms with van der Waals surface area (Å²) in [5, 5.41) is 12.4. The fourth-order valence-electron chi connectivity index (χ4n) is 5.30. The van der Waals surface area contributed by atoms with Gasteiger partial charge in [-0.3, -0.25) is 4.79 Å². The summed E-state index contributed by atoms with van der Waals surface area (Å²) in [4.78, 5) is 38.9. The lowest BCUT2D eigenvalue weighted by Gasteiger charge is -2.43. The maximum absolute atomic E-state index is 13.0. The fourth-order valence-corrected chi connectivity index (χ4v) is 6.34. The van der Waals surface area contributed by atoms with Gasteiger partial charge in [0.25, 0.3) is 0 Å². The van der Waals surface area contributed by atoms with Crippen molar-refractivity contribution < 1.29 is 24.2 Å². The number of aliphatic carboxylic acids is 1. The number of amides is 2. The molecule has 1 saturated heterocycles. The molecule has 2 fully saturated rings. The molecule has 2 N–H and O–H groups in total. The van der Waals surface area contributed by atoms with Gasteiger partial charge in [-0.2, -0.15) is 11.8 Å². The maximum Gasteiger partial charge on any atom is 0.407 e. The van der Waals surface area contributed by atoms with E-state index in [9.17, 15) is 19.5 Å². The van der Waals surface area contributed by atoms with E-state index >= 15 is 0 Å². The molecule has 1 aliphatic heterocycles. The number of rotatable bonds is 6. The van der Waals surface area contributed by atoms with Crippen LogP contribution in [0.5, 0.6) is 0 Å². The Balaban J connectivity index is 1.23. The predicted octanol–water partition coefficient (Wildman–Crippen LogP) is 3.87. The van der Waals surface area contributed by atoms with Crippen LogP contribution in [-0.2, 0) is 14.3 Å². The number of hydrogen-bond acceptors (Lipinski definition) is 5. The van der Waals surface area contributed by atoms with Gasteiger partial charge in [-0.25, -0.2) is 9.59 Å². The Labute approximate surface area is 202 Å². The zero-order valence-corrected chi connectivity index (χ0v) is 19.7. The highest BCUT2D eigenvalue weighted by atomic mass is 32.2. The van der Waals surface area contributed by atoms with Crippen LogP contribution >= 0.6 is 11.8 Å². The van der Waals surface area contributed by atoms with Crippen LogP contribution in [0.1, 0.15) is 42.7 Å². The van der Waals surface area contributed by atoms with Gasteiger partial charge in [0.05, 0.1) is 12.0 Å². The molecule has 8 heteroatoms. The van der Waals surface area contributed by atoms with Crippen molar-refractivity contribution in [3.63, 3.8) is 0 Å². The Hall–Kier alpha value is -3.00. The quantitative estimate of drug-likeness (QED) is 0.652. The molecule has 1 saturated carbocycles. The topological polar surface area (TPSA) is 95.9 Å². The Morgan fingerprint density at radius 2 is 1.71 bits per heavy atom. The fraction of sp³-hybridized carbons (Fsp3) is 0.423. The summed E-state index contributed by atoms with van der Waals surface area (Å²) in [7, 11) is 0. The monoisotopic (exact) mass is 480 g/mol. The first kappa shape index (κ1) is 22.8. The van der Waals surface area contributed by atoms with E-state index in [0.717, 1.165) is 23.3 Å². The zero-order chi connectivity index (χ0) is 23.7. The third kappa shape index (κ3) is 4.27. The van der Waals surface area contributed by atoms with Gasteiger partial charge in [-0.1, -0.05) is 48.5 Å². The minimum atomic E-state index is -0.979. The molecule has 34 heavy (non-hydrogen) atoms. The second-order valence-electron chi connectivity index (χ2n) is 9.28. The predicted molar refractivity (Wildman–Crippen MR) is 130 cm³/mol. The third-order valence-electron chi connectivity index (χ3n) is 7.25. The standard InChI is InChI=1S/C26H28N2O5S/c29-23(28-12-13-34-16-22(28)24(30)31)14-26(10-5-11-26)27-25(32)33-15-21-19-8-3-1-6-17(19)18-7-2-4-9-20(18)21/h1-4,6-9,21-22H,5,10-16H2,(H,27,32)(H,30,31). The lowest BCUT2D eigenvalue weighted by molar-refractivity contribution is -0.150. The first-order valence-electron chi connectivity index (χ1n) is 11.7. The number of nitrogens with one attached hydrogen (secondary N) is 1. The summed E-state index contributed by atoms with van der Waals surface area (Å²) >= 11 is 1.55. The highest BCUT2D eigenvalue weighted by molar-refractivity contribution is 7.99. The van der Waals surface area contributed by atoms with Crippen LogP contribution in [0.4, 0.5) is 4.79 Å². The van der Waals surface area contributed by atoms with Crippen molar-refractivity contribution in [2.75, 3.05) is 24.7 Å². The first-order valence-corrected chi connectivity index (χ1v) is 12.9. The van der Waals surface area contributed by atoms with Crippen LogP contribution in [0.15, 0.2) is 48.5 Å². The minimum Gasteiger partial charge on any atom is -0.480 e. The van der Waals surface area contributed by atoms with Crippen molar-refractivity contribution in [1.82, 2.24) is 10.2 Å². The number of nitrogens with zero attached hydrogens (tertiary/aromatic N) is 1. The summed E-state index contributed by atoms with van der Waals surface area (Å²) in [6.45, 7) is 0.635. The van der Waals surface area contributed by atoms with E-state index in [2.05, 4.69) is 29.6 Å². The molecule has 0 aromatic heterocycles. The molecule has 2 aromatic rings. The number of carbonyl (C=O) groups is 3. The highest BCUT2D eigenvalue weighted by Gasteiger charge is 2.44. The number of hydrogen-bond donors (Lipinski definition) is 2. The molecule has 7 nitrogen and oxygen atoms in total. The molecule has 2 amide bonds. The smallest absolute Gasteiger partial charge is 0.407 e. The van der Waals surface area contributed by atoms with Gasteiger partial charge < -0.3 is 20.1 Å². The van der Waals surface area contributed by atoms with E-state index in [1.807, 2.05) is 24.3 Å². The van der Waals surface area contributed by atoms with Gasteiger partial charge in [-0.05, 0) is 41.5 Å². The van der Waals surface area contributed by atoms with Gasteiger partial charge in [0.1, 0.15) is 12.6 Å². The average Bonchev–Trinajstić information content (AvgIpc) is 3.15. The SMILES string of the molecule is O=C(NC1(CC(=O)N2CCSCC2C(=O)O)CCC1)OCC1c2ccccc2-c2ccccc21. The van der Waals surface area contributed by atoms with Gasteiger partial charge >= 0.3 is 12.1 Å². The number of ether oxygens (including phenoxy) is 1. The van der Waals surface area contributed by atoms with E-state index in [0.29, 0.717) is 25.1 Å². The second-order valence-corrected chi connectivity index (χ2v) is 10.4. The average molecular weight is 481 g/mol. The Morgan fingerprint density at radius 3 is 2.29 bits per heavy atom. The highest BCUT2D eigenvalue weighted by Crippen LogP contribution is 2.44. The summed E-state index contributed by atoms with van der Waals surface area (Å²) in [5.41, 5.74) is 3.97. The van der Waals surface area contributed by atoms with Crippen LogP contribution in [-0.4, -0.2) is 64.2 Å². The van der Waals surface area contributed by atoms with Crippen molar-refractivity contribution in [3.8, 4) is 11.1 Å². The van der Waals surface area contributed by atoms with Gasteiger partial charge in [0, 0.05) is 24.0 Å². The molecule has 5 rings (SSSR count). The first-order chi connectivity index (χ1) is 16.5. The molecule has 178 valence electrons. The molecular weight excluding hydrogens is 452 g/mol. The van der Waals surface area contributed by atoms with Gasteiger partial charge in [-0.15, -0.1) is 0 Å². The number of carboxylic acids is 1. The summed E-state index contributed by atoms with van der Waals surface area (Å²) in [6, 6.07) is 15.5. The lowest BCUT2D eigenvalue weighted by Crippen LogP contribution is -2.58. The Morgan fingerprint density at radius 1 is 1.06 bits per heavy atom. The molecule has 1 heterocycles. The Kier molecular flexibility index (Phi) is 6.25. The number of thioether (sulfide) groups is 1. The van der Waals surface area contributed by atoms with Crippen LogP contribution in [0.3, 0.4) is 0 Å². The molecular formula is C26H28N2O5S. The third-order valence-corrected chi connectivity index (χ3v) is 8.27. The molecule has 2 aliphatic carbocycles. The normalized spacial score (nSPS) is 20.6. The van der Waals surface area contributed by atoms with E-state index in [1.165, 1.54) is 16.0 Å². The summed E-state index contributed by atoms with van der Waals surface area (Å²) in [5.74, 6) is -0.103. The Bertz CT molecular complexity index is 1070. The summed E-state index contributed by atoms with van der Waals surface area (Å²) < 4.78 is 5.69. The molecule has 2 aromatic carbocycles. The number of fused-ring (bicyclic) bond motifs is 3. The molecule has 0 bridgehead atoms. The number of carbonyl (C=O) groups excluding carboxylic acids is 2. The lowest BCUT2D eigenvalue weighted by atomic mass is 9.74. The zero-order valence-electron chi connectivity index (χ0n) is 18.9. The number of alkyl carbamates (subject to hydrolysis) is 1. The number of carboxylic acid groups (broad SMARTS) is 1. The van der Waals surface area contributed by atoms with E-state index in [4.69, 9.17) is 4.74 Å². The summed E-state index contributed by atoms with van der Waals surface area (Å²) in [6.07, 6.45) is 1.85. The van der Waals surface area contributed by atoms with Crippen molar-refractivity contribution in [1.29, 1.82) is 0 Å². The van der Waals surface area contributed by atoms with Gasteiger partial charge in [0.2, 0.25) is 5.91 Å². The maximum atomic E-state index is 13.0. The van der Waals surface area contributed by atoms with Crippen LogP contribution in [0, 0.1) is 0 Å². The van der Waals surface area contributed by atoms with E-state index in [-0.39, 0.29) is 24.9 Å². The molecule has 1 atom stereocenters. The molecule has 0 spiro atoms. The van der Waals surface area contributed by atoms with Crippen molar-refractivity contribution >= 4 is 29.7 Å². The van der Waals surface area contributed by atoms with Gasteiger partial charge in [0.15, 0.2) is 0 Å². The molecule has 1 unspecified atom stereocenters. The van der Waals surface area contributed by atoms with E-state index in [1.54, 1.807) is 11.8 Å². The van der Waals surface area contributed by atoms with E-state index < -0.39 is 23.6 Å². The molecule has 0 radical (unpaired) electrons. The van der Waals surface area contributed by atoms with Crippen molar-refractivity contribution in [3.05, 3.63) is 59.7 Å². The molecule has 3 aliphatic rings.